The molecule has 2 rings (SSSR count). The average Bonchev–Trinajstić information content (AvgIpc) is 2.46. The second-order valence-corrected chi connectivity index (χ2v) is 4.78. The number of primary amides is 1. The highest BCUT2D eigenvalue weighted by atomic mass is 35.5. The van der Waals surface area contributed by atoms with Crippen molar-refractivity contribution in [2.45, 2.75) is 12.2 Å². The number of hydrogen-bond acceptors (Lipinski definition) is 3. The standard InChI is InChI=1S/C15H14ClNO3/c16-12-8-4-5-10(9-18)13(12)15(20,14(17)19)11-6-2-1-3-7-11/h1-8,18,20H,9H2,(H2,17,19). The van der Waals surface area contributed by atoms with Gasteiger partial charge in [-0.15, -0.1) is 0 Å². The van der Waals surface area contributed by atoms with Crippen molar-refractivity contribution in [3.05, 3.63) is 70.2 Å². The van der Waals surface area contributed by atoms with Crippen LogP contribution in [0.1, 0.15) is 16.7 Å². The summed E-state index contributed by atoms with van der Waals surface area (Å²) < 4.78 is 0. The molecule has 4 N–H and O–H groups in total. The molecule has 0 aromatic heterocycles. The lowest BCUT2D eigenvalue weighted by molar-refractivity contribution is -0.133. The molecule has 0 spiro atoms. The molecule has 5 heteroatoms. The van der Waals surface area contributed by atoms with Crippen LogP contribution in [0.4, 0.5) is 0 Å². The van der Waals surface area contributed by atoms with Crippen molar-refractivity contribution in [1.29, 1.82) is 0 Å². The van der Waals surface area contributed by atoms with Gasteiger partial charge < -0.3 is 15.9 Å². The molecular formula is C15H14ClNO3. The van der Waals surface area contributed by atoms with Gasteiger partial charge in [0.1, 0.15) is 0 Å². The SMILES string of the molecule is NC(=O)C(O)(c1ccccc1)c1c(Cl)cccc1CO. The fourth-order valence-electron chi connectivity index (χ4n) is 2.19. The van der Waals surface area contributed by atoms with Crippen LogP contribution in [0.15, 0.2) is 48.5 Å². The molecule has 0 aliphatic rings. The lowest BCUT2D eigenvalue weighted by Gasteiger charge is -2.28. The van der Waals surface area contributed by atoms with E-state index in [1.54, 1.807) is 42.5 Å². The summed E-state index contributed by atoms with van der Waals surface area (Å²) in [5.74, 6) is -0.952. The summed E-state index contributed by atoms with van der Waals surface area (Å²) >= 11 is 6.11. The summed E-state index contributed by atoms with van der Waals surface area (Å²) in [7, 11) is 0. The second kappa shape index (κ2) is 5.63. The Morgan fingerprint density at radius 3 is 2.35 bits per heavy atom. The van der Waals surface area contributed by atoms with E-state index in [2.05, 4.69) is 0 Å². The van der Waals surface area contributed by atoms with E-state index in [4.69, 9.17) is 17.3 Å². The Morgan fingerprint density at radius 2 is 1.80 bits per heavy atom. The topological polar surface area (TPSA) is 83.6 Å². The predicted octanol–water partition coefficient (Wildman–Crippen LogP) is 1.55. The molecule has 1 atom stereocenters. The fraction of sp³-hybridized carbons (Fsp3) is 0.133. The number of amides is 1. The summed E-state index contributed by atoms with van der Waals surface area (Å²) in [5, 5.41) is 20.4. The van der Waals surface area contributed by atoms with Crippen molar-refractivity contribution in [1.82, 2.24) is 0 Å². The summed E-state index contributed by atoms with van der Waals surface area (Å²) in [6.45, 7) is -0.363. The number of carbonyl (C=O) groups is 1. The number of halogens is 1. The minimum Gasteiger partial charge on any atom is -0.392 e. The van der Waals surface area contributed by atoms with Crippen LogP contribution in [0, 0.1) is 0 Å². The molecule has 0 saturated heterocycles. The van der Waals surface area contributed by atoms with Gasteiger partial charge in [-0.1, -0.05) is 54.1 Å². The van der Waals surface area contributed by atoms with Crippen molar-refractivity contribution in [3.8, 4) is 0 Å². The minimum absolute atomic E-state index is 0.114. The van der Waals surface area contributed by atoms with Crippen LogP contribution in [0.25, 0.3) is 0 Å². The van der Waals surface area contributed by atoms with Crippen LogP contribution in [-0.4, -0.2) is 16.1 Å². The van der Waals surface area contributed by atoms with Crippen molar-refractivity contribution >= 4 is 17.5 Å². The highest BCUT2D eigenvalue weighted by Crippen LogP contribution is 2.36. The number of nitrogens with two attached hydrogens (primary N) is 1. The molecule has 4 nitrogen and oxygen atoms in total. The number of hydrogen-bond donors (Lipinski definition) is 3. The van der Waals surface area contributed by atoms with E-state index in [-0.39, 0.29) is 17.2 Å². The molecule has 0 radical (unpaired) electrons. The van der Waals surface area contributed by atoms with E-state index < -0.39 is 11.5 Å². The molecule has 0 bridgehead atoms. The van der Waals surface area contributed by atoms with E-state index in [0.29, 0.717) is 11.1 Å². The number of aliphatic hydroxyl groups is 2. The van der Waals surface area contributed by atoms with Gasteiger partial charge in [-0.3, -0.25) is 4.79 Å². The van der Waals surface area contributed by atoms with Crippen LogP contribution in [0.5, 0.6) is 0 Å². The largest absolute Gasteiger partial charge is 0.392 e. The van der Waals surface area contributed by atoms with E-state index in [9.17, 15) is 15.0 Å². The van der Waals surface area contributed by atoms with Crippen LogP contribution in [0.3, 0.4) is 0 Å². The maximum Gasteiger partial charge on any atom is 0.258 e. The van der Waals surface area contributed by atoms with Crippen LogP contribution >= 0.6 is 11.6 Å². The molecule has 2 aromatic carbocycles. The normalized spacial score (nSPS) is 13.8. The van der Waals surface area contributed by atoms with E-state index in [1.807, 2.05) is 0 Å². The Hall–Kier alpha value is -1.88. The lowest BCUT2D eigenvalue weighted by atomic mass is 9.83. The summed E-state index contributed by atoms with van der Waals surface area (Å²) in [5.41, 5.74) is 4.08. The molecule has 104 valence electrons. The molecule has 1 unspecified atom stereocenters. The molecule has 0 aliphatic carbocycles. The quantitative estimate of drug-likeness (QED) is 0.799. The van der Waals surface area contributed by atoms with Crippen molar-refractivity contribution in [2.75, 3.05) is 0 Å². The Bertz CT molecular complexity index is 630. The van der Waals surface area contributed by atoms with E-state index in [1.165, 1.54) is 6.07 Å². The first-order valence-electron chi connectivity index (χ1n) is 5.98. The van der Waals surface area contributed by atoms with Gasteiger partial charge >= 0.3 is 0 Å². The average molecular weight is 292 g/mol. The highest BCUT2D eigenvalue weighted by molar-refractivity contribution is 6.32. The van der Waals surface area contributed by atoms with Crippen molar-refractivity contribution < 1.29 is 15.0 Å². The Labute approximate surface area is 121 Å². The third-order valence-corrected chi connectivity index (χ3v) is 3.50. The van der Waals surface area contributed by atoms with Crippen LogP contribution in [0.2, 0.25) is 5.02 Å². The second-order valence-electron chi connectivity index (χ2n) is 4.37. The number of benzene rings is 2. The smallest absolute Gasteiger partial charge is 0.258 e. The third kappa shape index (κ3) is 2.29. The first-order valence-corrected chi connectivity index (χ1v) is 6.36. The fourth-order valence-corrected chi connectivity index (χ4v) is 2.53. The minimum atomic E-state index is -2.09. The lowest BCUT2D eigenvalue weighted by Crippen LogP contribution is -2.43. The zero-order valence-corrected chi connectivity index (χ0v) is 11.3. The van der Waals surface area contributed by atoms with Gasteiger partial charge in [0.15, 0.2) is 5.60 Å². The van der Waals surface area contributed by atoms with Crippen molar-refractivity contribution in [3.63, 3.8) is 0 Å². The zero-order valence-electron chi connectivity index (χ0n) is 10.6. The number of carbonyl (C=O) groups excluding carboxylic acids is 1. The number of rotatable bonds is 4. The van der Waals surface area contributed by atoms with Crippen LogP contribution in [-0.2, 0) is 17.0 Å². The highest BCUT2D eigenvalue weighted by Gasteiger charge is 2.41. The van der Waals surface area contributed by atoms with Crippen LogP contribution < -0.4 is 5.73 Å². The molecule has 2 aromatic rings. The van der Waals surface area contributed by atoms with Gasteiger partial charge in [-0.2, -0.15) is 0 Å². The molecule has 1 amide bonds. The van der Waals surface area contributed by atoms with Gasteiger partial charge in [0.05, 0.1) is 6.61 Å². The zero-order chi connectivity index (χ0) is 14.8. The maximum absolute atomic E-state index is 11.9. The van der Waals surface area contributed by atoms with Gasteiger partial charge in [-0.25, -0.2) is 0 Å². The molecule has 20 heavy (non-hydrogen) atoms. The molecule has 0 aliphatic heterocycles. The van der Waals surface area contributed by atoms with Crippen molar-refractivity contribution in [2.24, 2.45) is 5.73 Å². The van der Waals surface area contributed by atoms with Gasteiger partial charge in [0, 0.05) is 10.6 Å². The molecule has 0 heterocycles. The first-order chi connectivity index (χ1) is 9.51. The summed E-state index contributed by atoms with van der Waals surface area (Å²) in [4.78, 5) is 11.9. The molecule has 0 saturated carbocycles. The Kier molecular flexibility index (Phi) is 4.09. The molecule has 0 fully saturated rings. The predicted molar refractivity (Wildman–Crippen MR) is 76.0 cm³/mol. The summed E-state index contributed by atoms with van der Waals surface area (Å²) in [6, 6.07) is 13.0. The van der Waals surface area contributed by atoms with E-state index in [0.717, 1.165) is 0 Å². The van der Waals surface area contributed by atoms with E-state index >= 15 is 0 Å². The Morgan fingerprint density at radius 1 is 1.15 bits per heavy atom. The summed E-state index contributed by atoms with van der Waals surface area (Å²) in [6.07, 6.45) is 0. The monoisotopic (exact) mass is 291 g/mol. The van der Waals surface area contributed by atoms with Gasteiger partial charge in [-0.05, 0) is 17.2 Å². The first kappa shape index (κ1) is 14.5. The number of aliphatic hydroxyl groups excluding tert-OH is 1. The third-order valence-electron chi connectivity index (χ3n) is 3.18. The van der Waals surface area contributed by atoms with Gasteiger partial charge in [0.2, 0.25) is 0 Å². The van der Waals surface area contributed by atoms with Gasteiger partial charge in [0.25, 0.3) is 5.91 Å². The maximum atomic E-state index is 11.9. The Balaban J connectivity index is 2.76. The molecular weight excluding hydrogens is 278 g/mol.